The van der Waals surface area contributed by atoms with E-state index in [0.29, 0.717) is 11.3 Å². The Kier molecular flexibility index (Phi) is 8.63. The molecule has 0 aliphatic carbocycles. The topological polar surface area (TPSA) is 78.4 Å². The van der Waals surface area contributed by atoms with Crippen LogP contribution in [0.4, 0.5) is 18.9 Å². The Bertz CT molecular complexity index is 951. The van der Waals surface area contributed by atoms with Crippen molar-refractivity contribution in [2.45, 2.75) is 18.3 Å². The number of benzene rings is 2. The fourth-order valence-electron chi connectivity index (χ4n) is 2.57. The summed E-state index contributed by atoms with van der Waals surface area (Å²) in [4.78, 5) is 11.5. The van der Waals surface area contributed by atoms with E-state index in [9.17, 15) is 27.3 Å². The smallest absolute Gasteiger partial charge is 0.381 e. The number of aliphatic hydroxyl groups is 1. The van der Waals surface area contributed by atoms with Crippen molar-refractivity contribution < 1.29 is 27.3 Å². The summed E-state index contributed by atoms with van der Waals surface area (Å²) in [5.74, 6) is -0.493. The van der Waals surface area contributed by atoms with Crippen molar-refractivity contribution in [2.75, 3.05) is 23.9 Å². The Balaban J connectivity index is 2.12. The van der Waals surface area contributed by atoms with Crippen molar-refractivity contribution in [2.24, 2.45) is 0 Å². The molecule has 0 saturated carbocycles. The normalized spacial score (nSPS) is 14.6. The predicted molar refractivity (Wildman–Crippen MR) is 117 cm³/mol. The summed E-state index contributed by atoms with van der Waals surface area (Å²) in [6.45, 7) is -0.742. The van der Waals surface area contributed by atoms with Crippen molar-refractivity contribution >= 4 is 57.2 Å². The first kappa shape index (κ1) is 25.7. The van der Waals surface area contributed by atoms with Gasteiger partial charge in [0.2, 0.25) is 11.5 Å². The van der Waals surface area contributed by atoms with Gasteiger partial charge in [-0.25, -0.2) is 0 Å². The summed E-state index contributed by atoms with van der Waals surface area (Å²) in [7, 11) is -1.26. The van der Waals surface area contributed by atoms with Crippen LogP contribution in [0.5, 0.6) is 0 Å². The number of carbonyl (C=O) groups is 1. The van der Waals surface area contributed by atoms with E-state index in [-0.39, 0.29) is 33.3 Å². The molecule has 0 aliphatic rings. The van der Waals surface area contributed by atoms with E-state index in [1.165, 1.54) is 18.4 Å². The molecule has 0 heterocycles. The fraction of sp³-hybridized carbons (Fsp3) is 0.316. The number of nitrogens with one attached hydrogen (secondary N) is 2. The molecule has 2 rings (SSSR count). The number of anilines is 1. The van der Waals surface area contributed by atoms with Crippen LogP contribution in [0, 0.1) is 0 Å². The predicted octanol–water partition coefficient (Wildman–Crippen LogP) is 4.50. The number of rotatable bonds is 8. The number of halogens is 6. The average molecular weight is 518 g/mol. The summed E-state index contributed by atoms with van der Waals surface area (Å²) < 4.78 is 52.2. The largest absolute Gasteiger partial charge is 0.423 e. The van der Waals surface area contributed by atoms with Crippen LogP contribution >= 0.6 is 34.8 Å². The van der Waals surface area contributed by atoms with Gasteiger partial charge in [-0.1, -0.05) is 46.9 Å². The lowest BCUT2D eigenvalue weighted by atomic mass is 9.92. The second-order valence-corrected chi connectivity index (χ2v) is 9.28. The van der Waals surface area contributed by atoms with Gasteiger partial charge in [0.15, 0.2) is 0 Å². The Morgan fingerprint density at radius 2 is 1.65 bits per heavy atom. The molecule has 5 nitrogen and oxygen atoms in total. The SMILES string of the molecule is C[S@](=O)CC(=O)NCc1ccc(NC[C@@](O)(c2cc(Cl)c(Cl)c(Cl)c2)C(F)(F)F)cc1. The third-order valence-electron chi connectivity index (χ3n) is 4.26. The zero-order valence-corrected chi connectivity index (χ0v) is 19.1. The van der Waals surface area contributed by atoms with E-state index in [1.54, 1.807) is 12.1 Å². The minimum atomic E-state index is -5.04. The van der Waals surface area contributed by atoms with Gasteiger partial charge in [0, 0.05) is 29.3 Å². The molecule has 1 amide bonds. The molecular weight excluding hydrogens is 500 g/mol. The molecular formula is C19H18Cl3F3N2O3S. The minimum Gasteiger partial charge on any atom is -0.381 e. The van der Waals surface area contributed by atoms with Crippen molar-refractivity contribution in [3.05, 3.63) is 62.6 Å². The average Bonchev–Trinajstić information content (AvgIpc) is 2.67. The summed E-state index contributed by atoms with van der Waals surface area (Å²) >= 11 is 17.4. The molecule has 2 aromatic carbocycles. The highest BCUT2D eigenvalue weighted by atomic mass is 35.5. The van der Waals surface area contributed by atoms with Gasteiger partial charge in [-0.3, -0.25) is 9.00 Å². The maximum absolute atomic E-state index is 13.7. The van der Waals surface area contributed by atoms with Gasteiger partial charge in [0.25, 0.3) is 0 Å². The monoisotopic (exact) mass is 516 g/mol. The summed E-state index contributed by atoms with van der Waals surface area (Å²) in [6.07, 6.45) is -3.63. The molecule has 170 valence electrons. The Hall–Kier alpha value is -1.52. The molecule has 0 unspecified atom stereocenters. The highest BCUT2D eigenvalue weighted by Gasteiger charge is 2.55. The number of alkyl halides is 3. The molecule has 2 atom stereocenters. The van der Waals surface area contributed by atoms with Gasteiger partial charge in [-0.15, -0.1) is 0 Å². The number of amides is 1. The lowest BCUT2D eigenvalue weighted by Gasteiger charge is -2.32. The Labute approximate surface area is 194 Å². The summed E-state index contributed by atoms with van der Waals surface area (Å²) in [5, 5.41) is 15.1. The van der Waals surface area contributed by atoms with Crippen LogP contribution in [0.25, 0.3) is 0 Å². The van der Waals surface area contributed by atoms with E-state index in [1.807, 2.05) is 0 Å². The van der Waals surface area contributed by atoms with Gasteiger partial charge in [0.1, 0.15) is 5.75 Å². The summed E-state index contributed by atoms with van der Waals surface area (Å²) in [5.41, 5.74) is -2.85. The van der Waals surface area contributed by atoms with E-state index in [2.05, 4.69) is 10.6 Å². The highest BCUT2D eigenvalue weighted by molar-refractivity contribution is 7.85. The third-order valence-corrected chi connectivity index (χ3v) is 6.12. The zero-order valence-electron chi connectivity index (χ0n) is 16.0. The van der Waals surface area contributed by atoms with Gasteiger partial charge in [-0.05, 0) is 35.4 Å². The quantitative estimate of drug-likeness (QED) is 0.451. The minimum absolute atomic E-state index is 0.113. The first-order valence-electron chi connectivity index (χ1n) is 8.67. The van der Waals surface area contributed by atoms with Crippen LogP contribution in [0.15, 0.2) is 36.4 Å². The Morgan fingerprint density at radius 3 is 2.13 bits per heavy atom. The standard InChI is InChI=1S/C19H18Cl3F3N2O3S/c1-31(30)9-16(28)26-8-11-2-4-13(5-3-11)27-10-18(29,19(23,24)25)12-6-14(20)17(22)15(21)7-12/h2-7,27,29H,8-10H2,1H3,(H,26,28)/t18-,31+/m1/s1. The summed E-state index contributed by atoms with van der Waals surface area (Å²) in [6, 6.07) is 8.01. The third kappa shape index (κ3) is 6.73. The van der Waals surface area contributed by atoms with Gasteiger partial charge < -0.3 is 15.7 Å². The first-order chi connectivity index (χ1) is 14.3. The molecule has 31 heavy (non-hydrogen) atoms. The molecule has 0 spiro atoms. The molecule has 0 aliphatic heterocycles. The number of hydrogen-bond donors (Lipinski definition) is 3. The maximum Gasteiger partial charge on any atom is 0.423 e. The van der Waals surface area contributed by atoms with Crippen molar-refractivity contribution in [1.82, 2.24) is 5.32 Å². The second kappa shape index (κ2) is 10.4. The second-order valence-electron chi connectivity index (χ2n) is 6.66. The molecule has 12 heteroatoms. The van der Waals surface area contributed by atoms with Gasteiger partial charge in [-0.2, -0.15) is 13.2 Å². The molecule has 0 fully saturated rings. The fourth-order valence-corrected chi connectivity index (χ4v) is 3.63. The van der Waals surface area contributed by atoms with Crippen LogP contribution < -0.4 is 10.6 Å². The van der Waals surface area contributed by atoms with E-state index < -0.39 is 34.7 Å². The van der Waals surface area contributed by atoms with Crippen molar-refractivity contribution in [3.8, 4) is 0 Å². The van der Waals surface area contributed by atoms with E-state index in [4.69, 9.17) is 34.8 Å². The lowest BCUT2D eigenvalue weighted by Crippen LogP contribution is -2.47. The number of carbonyl (C=O) groups excluding carboxylic acids is 1. The van der Waals surface area contributed by atoms with Gasteiger partial charge in [0.05, 0.1) is 21.6 Å². The first-order valence-corrected chi connectivity index (χ1v) is 11.5. The molecule has 3 N–H and O–H groups in total. The lowest BCUT2D eigenvalue weighted by molar-refractivity contribution is -0.260. The van der Waals surface area contributed by atoms with E-state index >= 15 is 0 Å². The molecule has 2 aromatic rings. The van der Waals surface area contributed by atoms with Gasteiger partial charge >= 0.3 is 6.18 Å². The Morgan fingerprint density at radius 1 is 1.10 bits per heavy atom. The van der Waals surface area contributed by atoms with Crippen LogP contribution in [-0.4, -0.2) is 40.0 Å². The molecule has 0 bridgehead atoms. The van der Waals surface area contributed by atoms with Crippen molar-refractivity contribution in [3.63, 3.8) is 0 Å². The molecule has 0 saturated heterocycles. The van der Waals surface area contributed by atoms with Crippen LogP contribution in [0.1, 0.15) is 11.1 Å². The maximum atomic E-state index is 13.7. The highest BCUT2D eigenvalue weighted by Crippen LogP contribution is 2.43. The number of hydrogen-bond acceptors (Lipinski definition) is 4. The van der Waals surface area contributed by atoms with Crippen LogP contribution in [-0.2, 0) is 27.7 Å². The van der Waals surface area contributed by atoms with Crippen LogP contribution in [0.2, 0.25) is 15.1 Å². The molecule has 0 aromatic heterocycles. The zero-order chi connectivity index (χ0) is 23.4. The van der Waals surface area contributed by atoms with Crippen LogP contribution in [0.3, 0.4) is 0 Å². The van der Waals surface area contributed by atoms with Crippen molar-refractivity contribution in [1.29, 1.82) is 0 Å². The van der Waals surface area contributed by atoms with E-state index in [0.717, 1.165) is 12.1 Å². The molecule has 0 radical (unpaired) electrons.